The van der Waals surface area contributed by atoms with E-state index in [0.717, 1.165) is 18.2 Å². The van der Waals surface area contributed by atoms with Crippen molar-refractivity contribution in [2.24, 2.45) is 0 Å². The van der Waals surface area contributed by atoms with Gasteiger partial charge in [0, 0.05) is 19.3 Å². The summed E-state index contributed by atoms with van der Waals surface area (Å²) < 4.78 is 126. The molecule has 0 radical (unpaired) electrons. The normalized spacial score (nSPS) is 12.0. The summed E-state index contributed by atoms with van der Waals surface area (Å²) in [6.45, 7) is 10.7. The third-order valence-electron chi connectivity index (χ3n) is 7.70. The van der Waals surface area contributed by atoms with Crippen LogP contribution in [0.1, 0.15) is 17.5 Å². The van der Waals surface area contributed by atoms with E-state index in [9.17, 15) is 21.6 Å². The van der Waals surface area contributed by atoms with Crippen LogP contribution in [0.3, 0.4) is 0 Å². The number of methoxy groups -OCH3 is 1. The second-order valence-corrected chi connectivity index (χ2v) is 16.3. The lowest BCUT2D eigenvalue weighted by Crippen LogP contribution is -2.24. The Morgan fingerprint density at radius 3 is 0.952 bits per heavy atom. The van der Waals surface area contributed by atoms with Crippen LogP contribution in [0.4, 0.5) is 5.69 Å². The van der Waals surface area contributed by atoms with Crippen LogP contribution in [0.25, 0.3) is 0 Å². The molecule has 0 fully saturated rings. The lowest BCUT2D eigenvalue weighted by atomic mass is 10.1. The van der Waals surface area contributed by atoms with Crippen molar-refractivity contribution in [3.8, 4) is 0 Å². The molecule has 0 aliphatic carbocycles. The zero-order valence-electron chi connectivity index (χ0n) is 37.0. The van der Waals surface area contributed by atoms with Crippen LogP contribution in [-0.4, -0.2) is 215 Å². The van der Waals surface area contributed by atoms with E-state index in [-0.39, 0.29) is 25.6 Å². The molecule has 0 aromatic heterocycles. The molecule has 21 nitrogen and oxygen atoms in total. The van der Waals surface area contributed by atoms with Crippen LogP contribution in [0.15, 0.2) is 18.2 Å². The van der Waals surface area contributed by atoms with Gasteiger partial charge < -0.3 is 66.5 Å². The molecule has 0 amide bonds. The highest BCUT2D eigenvalue weighted by molar-refractivity contribution is 7.86. The van der Waals surface area contributed by atoms with Crippen molar-refractivity contribution in [1.29, 1.82) is 0 Å². The molecule has 62 heavy (non-hydrogen) atoms. The van der Waals surface area contributed by atoms with E-state index >= 15 is 0 Å². The SMILES string of the molecule is COC(=O)CCOCCOCCOCCOCCOCCOCCOCCOCCOCCOCCOCCOCCN(C)c1cc(COS(C)(=O)=O)cc(COS(C)(=O)=O)c1. The number of rotatable bonds is 46. The Hall–Kier alpha value is -2.17. The van der Waals surface area contributed by atoms with E-state index in [1.807, 2.05) is 11.9 Å². The standard InChI is InChI=1S/C39H71NO20S2/c1-40(38-32-36(34-59-61(3,42)43)31-37(33-38)35-60-62(4,44)45)6-8-48-10-12-50-14-16-52-18-20-54-22-24-56-26-28-58-30-29-57-27-25-55-23-21-53-19-17-51-15-13-49-11-9-47-7-5-39(41)46-2/h31-33H,5-30,34-35H2,1-4H3. The summed E-state index contributed by atoms with van der Waals surface area (Å²) in [5, 5.41) is 0. The van der Waals surface area contributed by atoms with E-state index in [1.165, 1.54) is 7.11 Å². The zero-order valence-corrected chi connectivity index (χ0v) is 38.6. The molecule has 0 atom stereocenters. The number of hydrogen-bond acceptors (Lipinski definition) is 21. The second-order valence-electron chi connectivity index (χ2n) is 13.0. The number of nitrogens with zero attached hydrogens (tertiary/aromatic N) is 1. The number of esters is 1. The molecule has 0 saturated heterocycles. The van der Waals surface area contributed by atoms with E-state index < -0.39 is 20.2 Å². The lowest BCUT2D eigenvalue weighted by molar-refractivity contribution is -0.141. The molecule has 1 rings (SSSR count). The number of likely N-dealkylation sites (N-methyl/N-ethyl adjacent to an activating group) is 1. The van der Waals surface area contributed by atoms with E-state index in [4.69, 9.17) is 65.2 Å². The van der Waals surface area contributed by atoms with Gasteiger partial charge in [-0.25, -0.2) is 0 Å². The van der Waals surface area contributed by atoms with Crippen molar-refractivity contribution in [1.82, 2.24) is 0 Å². The maximum absolute atomic E-state index is 11.4. The summed E-state index contributed by atoms with van der Waals surface area (Å²) >= 11 is 0. The number of benzene rings is 1. The first-order valence-electron chi connectivity index (χ1n) is 20.4. The first kappa shape index (κ1) is 57.8. The van der Waals surface area contributed by atoms with Crippen LogP contribution < -0.4 is 4.90 Å². The summed E-state index contributed by atoms with van der Waals surface area (Å²) in [6, 6.07) is 5.15. The van der Waals surface area contributed by atoms with Crippen molar-refractivity contribution in [2.75, 3.05) is 197 Å². The van der Waals surface area contributed by atoms with Gasteiger partial charge in [-0.1, -0.05) is 6.07 Å². The van der Waals surface area contributed by atoms with E-state index in [1.54, 1.807) is 18.2 Å². The molecular formula is C39H71NO20S2. The number of hydrogen-bond donors (Lipinski definition) is 0. The van der Waals surface area contributed by atoms with Crippen LogP contribution in [0.2, 0.25) is 0 Å². The molecule has 1 aromatic rings. The summed E-state index contributed by atoms with van der Waals surface area (Å²) in [6.07, 6.45) is 2.15. The van der Waals surface area contributed by atoms with Gasteiger partial charge in [0.25, 0.3) is 20.2 Å². The summed E-state index contributed by atoms with van der Waals surface area (Å²) in [5.41, 5.74) is 1.82. The summed E-state index contributed by atoms with van der Waals surface area (Å²) in [5.74, 6) is -0.297. The topological polar surface area (TPSA) is 227 Å². The predicted octanol–water partition coefficient (Wildman–Crippen LogP) is 0.838. The number of carbonyl (C=O) groups is 1. The molecule has 0 spiro atoms. The average molecular weight is 938 g/mol. The molecule has 0 saturated carbocycles. The Balaban J connectivity index is 1.83. The highest BCUT2D eigenvalue weighted by Gasteiger charge is 2.11. The van der Waals surface area contributed by atoms with Gasteiger partial charge in [-0.05, 0) is 23.3 Å². The van der Waals surface area contributed by atoms with Gasteiger partial charge in [0.2, 0.25) is 0 Å². The third-order valence-corrected chi connectivity index (χ3v) is 8.79. The molecule has 0 heterocycles. The zero-order chi connectivity index (χ0) is 45.4. The Kier molecular flexibility index (Phi) is 36.6. The van der Waals surface area contributed by atoms with E-state index in [0.29, 0.717) is 176 Å². The Morgan fingerprint density at radius 1 is 0.435 bits per heavy atom. The monoisotopic (exact) mass is 937 g/mol. The van der Waals surface area contributed by atoms with E-state index in [2.05, 4.69) is 4.74 Å². The fourth-order valence-corrected chi connectivity index (χ4v) is 5.29. The smallest absolute Gasteiger partial charge is 0.307 e. The van der Waals surface area contributed by atoms with Crippen molar-refractivity contribution < 1.29 is 91.6 Å². The van der Waals surface area contributed by atoms with Crippen LogP contribution in [0, 0.1) is 0 Å². The molecule has 0 N–H and O–H groups in total. The van der Waals surface area contributed by atoms with Gasteiger partial charge >= 0.3 is 5.97 Å². The Morgan fingerprint density at radius 2 is 0.694 bits per heavy atom. The fourth-order valence-electron chi connectivity index (χ4n) is 4.59. The average Bonchev–Trinajstić information content (AvgIpc) is 3.23. The van der Waals surface area contributed by atoms with Gasteiger partial charge in [0.05, 0.1) is 198 Å². The summed E-state index contributed by atoms with van der Waals surface area (Å²) in [4.78, 5) is 12.8. The first-order chi connectivity index (χ1) is 29.9. The largest absolute Gasteiger partial charge is 0.469 e. The summed E-state index contributed by atoms with van der Waals surface area (Å²) in [7, 11) is -4.14. The predicted molar refractivity (Wildman–Crippen MR) is 225 cm³/mol. The Bertz CT molecular complexity index is 1390. The molecular weight excluding hydrogens is 867 g/mol. The van der Waals surface area contributed by atoms with Crippen molar-refractivity contribution >= 4 is 31.9 Å². The highest BCUT2D eigenvalue weighted by atomic mass is 32.2. The maximum atomic E-state index is 11.4. The molecule has 0 unspecified atom stereocenters. The molecule has 1 aromatic carbocycles. The van der Waals surface area contributed by atoms with Crippen molar-refractivity contribution in [2.45, 2.75) is 19.6 Å². The molecule has 0 aliphatic rings. The molecule has 364 valence electrons. The minimum atomic E-state index is -3.66. The molecule has 0 aliphatic heterocycles. The van der Waals surface area contributed by atoms with Crippen LogP contribution in [-0.2, 0) is 108 Å². The van der Waals surface area contributed by atoms with Crippen molar-refractivity contribution in [3.63, 3.8) is 0 Å². The highest BCUT2D eigenvalue weighted by Crippen LogP contribution is 2.21. The minimum absolute atomic E-state index is 0.194. The van der Waals surface area contributed by atoms with Crippen LogP contribution >= 0.6 is 0 Å². The number of anilines is 1. The van der Waals surface area contributed by atoms with Gasteiger partial charge in [-0.3, -0.25) is 13.2 Å². The fraction of sp³-hybridized carbons (Fsp3) is 0.821. The molecule has 0 bridgehead atoms. The van der Waals surface area contributed by atoms with Gasteiger partial charge in [0.1, 0.15) is 0 Å². The molecule has 23 heteroatoms. The Labute approximate surface area is 368 Å². The van der Waals surface area contributed by atoms with Gasteiger partial charge in [0.15, 0.2) is 0 Å². The maximum Gasteiger partial charge on any atom is 0.307 e. The third kappa shape index (κ3) is 39.4. The van der Waals surface area contributed by atoms with Gasteiger partial charge in [-0.2, -0.15) is 16.8 Å². The second kappa shape index (κ2) is 39.2. The lowest BCUT2D eigenvalue weighted by Gasteiger charge is -2.21. The van der Waals surface area contributed by atoms with Crippen molar-refractivity contribution in [3.05, 3.63) is 29.3 Å². The first-order valence-corrected chi connectivity index (χ1v) is 24.1. The number of carbonyl (C=O) groups excluding carboxylic acids is 1. The number of ether oxygens (including phenoxy) is 13. The van der Waals surface area contributed by atoms with Gasteiger partial charge in [-0.15, -0.1) is 0 Å². The van der Waals surface area contributed by atoms with Crippen LogP contribution in [0.5, 0.6) is 0 Å². The quantitative estimate of drug-likeness (QED) is 0.0501. The minimum Gasteiger partial charge on any atom is -0.469 e.